The number of furan rings is 1. The molecule has 1 aliphatic carbocycles. The lowest BCUT2D eigenvalue weighted by Gasteiger charge is -2.24. The number of carbonyl (C=O) groups is 1. The van der Waals surface area contributed by atoms with Gasteiger partial charge in [-0.25, -0.2) is 4.79 Å². The van der Waals surface area contributed by atoms with Crippen molar-refractivity contribution in [1.29, 1.82) is 0 Å². The first kappa shape index (κ1) is 12.9. The molecule has 4 heteroatoms. The fourth-order valence-electron chi connectivity index (χ4n) is 2.47. The van der Waals surface area contributed by atoms with Gasteiger partial charge in [0.2, 0.25) is 5.76 Å². The maximum absolute atomic E-state index is 10.9. The largest absolute Gasteiger partial charge is 0.475 e. The van der Waals surface area contributed by atoms with Crippen LogP contribution in [0.15, 0.2) is 28.9 Å². The molecule has 18 heavy (non-hydrogen) atoms. The molecule has 0 bridgehead atoms. The maximum atomic E-state index is 10.9. The van der Waals surface area contributed by atoms with Gasteiger partial charge in [-0.3, -0.25) is 0 Å². The third kappa shape index (κ3) is 3.23. The van der Waals surface area contributed by atoms with Crippen molar-refractivity contribution in [2.75, 3.05) is 13.6 Å². The SMILES string of the molecule is CN(Cc1ccoc1C(=O)O)CC1CC=CCC1. The molecule has 0 aliphatic heterocycles. The standard InChI is InChI=1S/C14H19NO3/c1-15(9-11-5-3-2-4-6-11)10-12-7-8-18-13(12)14(16)17/h2-3,7-8,11H,4-6,9-10H2,1H3,(H,16,17). The first-order chi connectivity index (χ1) is 8.66. The van der Waals surface area contributed by atoms with E-state index in [9.17, 15) is 4.79 Å². The van der Waals surface area contributed by atoms with E-state index in [2.05, 4.69) is 17.1 Å². The summed E-state index contributed by atoms with van der Waals surface area (Å²) in [5.74, 6) is -0.255. The highest BCUT2D eigenvalue weighted by Gasteiger charge is 2.17. The Morgan fingerprint density at radius 3 is 3.06 bits per heavy atom. The smallest absolute Gasteiger partial charge is 0.372 e. The Labute approximate surface area is 107 Å². The molecular weight excluding hydrogens is 230 g/mol. The minimum Gasteiger partial charge on any atom is -0.475 e. The summed E-state index contributed by atoms with van der Waals surface area (Å²) in [6, 6.07) is 1.74. The summed E-state index contributed by atoms with van der Waals surface area (Å²) < 4.78 is 4.98. The second-order valence-corrected chi connectivity index (χ2v) is 4.93. The highest BCUT2D eigenvalue weighted by Crippen LogP contribution is 2.20. The van der Waals surface area contributed by atoms with Gasteiger partial charge in [-0.2, -0.15) is 0 Å². The average molecular weight is 249 g/mol. The molecule has 1 unspecified atom stereocenters. The molecule has 1 aromatic rings. The summed E-state index contributed by atoms with van der Waals surface area (Å²) in [6.07, 6.45) is 9.41. The van der Waals surface area contributed by atoms with Gasteiger partial charge < -0.3 is 14.4 Å². The summed E-state index contributed by atoms with van der Waals surface area (Å²) in [5.41, 5.74) is 0.747. The Morgan fingerprint density at radius 1 is 1.56 bits per heavy atom. The normalized spacial score (nSPS) is 19.3. The molecule has 1 atom stereocenters. The van der Waals surface area contributed by atoms with Crippen molar-refractivity contribution in [1.82, 2.24) is 4.90 Å². The van der Waals surface area contributed by atoms with Gasteiger partial charge in [0.1, 0.15) is 0 Å². The first-order valence-electron chi connectivity index (χ1n) is 6.30. The molecule has 0 spiro atoms. The summed E-state index contributed by atoms with van der Waals surface area (Å²) in [7, 11) is 2.02. The minimum absolute atomic E-state index is 0.0605. The molecule has 2 rings (SSSR count). The van der Waals surface area contributed by atoms with Crippen molar-refractivity contribution in [2.24, 2.45) is 5.92 Å². The number of nitrogens with zero attached hydrogens (tertiary/aromatic N) is 1. The maximum Gasteiger partial charge on any atom is 0.372 e. The van der Waals surface area contributed by atoms with E-state index in [-0.39, 0.29) is 5.76 Å². The number of rotatable bonds is 5. The Bertz CT molecular complexity index is 436. The van der Waals surface area contributed by atoms with Gasteiger partial charge in [0, 0.05) is 18.7 Å². The summed E-state index contributed by atoms with van der Waals surface area (Å²) in [6.45, 7) is 1.62. The number of carboxylic acids is 1. The van der Waals surface area contributed by atoms with Gasteiger partial charge in [0.15, 0.2) is 0 Å². The molecule has 0 saturated carbocycles. The highest BCUT2D eigenvalue weighted by molar-refractivity contribution is 5.86. The van der Waals surface area contributed by atoms with E-state index < -0.39 is 5.97 Å². The summed E-state index contributed by atoms with van der Waals surface area (Å²) in [5, 5.41) is 8.97. The van der Waals surface area contributed by atoms with Crippen LogP contribution in [-0.2, 0) is 6.54 Å². The molecule has 0 radical (unpaired) electrons. The monoisotopic (exact) mass is 249 g/mol. The fourth-order valence-corrected chi connectivity index (χ4v) is 2.47. The second kappa shape index (κ2) is 5.87. The lowest BCUT2D eigenvalue weighted by Crippen LogP contribution is -2.26. The van der Waals surface area contributed by atoms with Crippen LogP contribution in [0.25, 0.3) is 0 Å². The van der Waals surface area contributed by atoms with Crippen molar-refractivity contribution in [3.8, 4) is 0 Å². The van der Waals surface area contributed by atoms with Crippen molar-refractivity contribution in [3.63, 3.8) is 0 Å². The topological polar surface area (TPSA) is 53.7 Å². The predicted octanol–water partition coefficient (Wildman–Crippen LogP) is 2.77. The summed E-state index contributed by atoms with van der Waals surface area (Å²) >= 11 is 0. The minimum atomic E-state index is -0.996. The van der Waals surface area contributed by atoms with E-state index in [1.165, 1.54) is 12.7 Å². The third-order valence-electron chi connectivity index (χ3n) is 3.33. The van der Waals surface area contributed by atoms with Crippen LogP contribution in [0.5, 0.6) is 0 Å². The van der Waals surface area contributed by atoms with Crippen LogP contribution in [0.3, 0.4) is 0 Å². The lowest BCUT2D eigenvalue weighted by atomic mass is 9.94. The fraction of sp³-hybridized carbons (Fsp3) is 0.500. The van der Waals surface area contributed by atoms with Gasteiger partial charge >= 0.3 is 5.97 Å². The molecule has 1 aliphatic rings. The quantitative estimate of drug-likeness (QED) is 0.815. The molecule has 0 amide bonds. The number of hydrogen-bond donors (Lipinski definition) is 1. The molecule has 0 aromatic carbocycles. The van der Waals surface area contributed by atoms with Gasteiger partial charge in [-0.1, -0.05) is 12.2 Å². The van der Waals surface area contributed by atoms with Gasteiger partial charge in [0.25, 0.3) is 0 Å². The number of allylic oxidation sites excluding steroid dienone is 2. The number of hydrogen-bond acceptors (Lipinski definition) is 3. The summed E-state index contributed by atoms with van der Waals surface area (Å²) in [4.78, 5) is 13.1. The molecule has 98 valence electrons. The van der Waals surface area contributed by atoms with Crippen LogP contribution < -0.4 is 0 Å². The Hall–Kier alpha value is -1.55. The zero-order valence-electron chi connectivity index (χ0n) is 10.6. The molecule has 0 saturated heterocycles. The lowest BCUT2D eigenvalue weighted by molar-refractivity contribution is 0.0659. The van der Waals surface area contributed by atoms with E-state index in [1.54, 1.807) is 6.07 Å². The van der Waals surface area contributed by atoms with Crippen molar-refractivity contribution in [3.05, 3.63) is 35.8 Å². The Morgan fingerprint density at radius 2 is 2.39 bits per heavy atom. The molecule has 1 heterocycles. The zero-order valence-corrected chi connectivity index (χ0v) is 10.6. The van der Waals surface area contributed by atoms with Gasteiger partial charge in [-0.15, -0.1) is 0 Å². The average Bonchev–Trinajstić information content (AvgIpc) is 2.78. The number of carboxylic acid groups (broad SMARTS) is 1. The van der Waals surface area contributed by atoms with Crippen LogP contribution in [-0.4, -0.2) is 29.6 Å². The van der Waals surface area contributed by atoms with Crippen molar-refractivity contribution in [2.45, 2.75) is 25.8 Å². The van der Waals surface area contributed by atoms with E-state index in [4.69, 9.17) is 9.52 Å². The van der Waals surface area contributed by atoms with Crippen LogP contribution in [0.4, 0.5) is 0 Å². The molecule has 0 fully saturated rings. The first-order valence-corrected chi connectivity index (χ1v) is 6.30. The second-order valence-electron chi connectivity index (χ2n) is 4.93. The Kier molecular flexibility index (Phi) is 4.20. The highest BCUT2D eigenvalue weighted by atomic mass is 16.4. The molecular formula is C14H19NO3. The van der Waals surface area contributed by atoms with E-state index in [0.717, 1.165) is 24.9 Å². The predicted molar refractivity (Wildman–Crippen MR) is 68.5 cm³/mol. The van der Waals surface area contributed by atoms with Crippen LogP contribution >= 0.6 is 0 Å². The van der Waals surface area contributed by atoms with Gasteiger partial charge in [-0.05, 0) is 38.3 Å². The van der Waals surface area contributed by atoms with Crippen molar-refractivity contribution < 1.29 is 14.3 Å². The molecule has 1 N–H and O–H groups in total. The van der Waals surface area contributed by atoms with E-state index in [1.807, 2.05) is 7.05 Å². The van der Waals surface area contributed by atoms with E-state index in [0.29, 0.717) is 12.5 Å². The van der Waals surface area contributed by atoms with E-state index >= 15 is 0 Å². The molecule has 4 nitrogen and oxygen atoms in total. The van der Waals surface area contributed by atoms with Crippen LogP contribution in [0, 0.1) is 5.92 Å². The Balaban J connectivity index is 1.90. The van der Waals surface area contributed by atoms with Crippen molar-refractivity contribution >= 4 is 5.97 Å². The number of aromatic carboxylic acids is 1. The van der Waals surface area contributed by atoms with Crippen LogP contribution in [0.2, 0.25) is 0 Å². The molecule has 1 aromatic heterocycles. The van der Waals surface area contributed by atoms with Gasteiger partial charge in [0.05, 0.1) is 6.26 Å². The zero-order chi connectivity index (χ0) is 13.0. The third-order valence-corrected chi connectivity index (χ3v) is 3.33. The van der Waals surface area contributed by atoms with Crippen LogP contribution in [0.1, 0.15) is 35.4 Å².